The Hall–Kier alpha value is -2.73. The van der Waals surface area contributed by atoms with E-state index in [1.807, 2.05) is 6.07 Å². The molecule has 2 N–H and O–H groups in total. The van der Waals surface area contributed by atoms with Crippen molar-refractivity contribution < 1.29 is 27.8 Å². The summed E-state index contributed by atoms with van der Waals surface area (Å²) in [5.74, 6) is -2.07. The van der Waals surface area contributed by atoms with E-state index in [0.29, 0.717) is 18.4 Å². The second-order valence-electron chi connectivity index (χ2n) is 6.13. The highest BCUT2D eigenvalue weighted by atomic mass is 19.4. The molecule has 0 radical (unpaired) electrons. The maximum absolute atomic E-state index is 13.6. The highest BCUT2D eigenvalue weighted by Crippen LogP contribution is 2.48. The van der Waals surface area contributed by atoms with E-state index in [1.165, 1.54) is 24.3 Å². The molecule has 1 fully saturated rings. The van der Waals surface area contributed by atoms with Gasteiger partial charge in [0.05, 0.1) is 17.6 Å². The monoisotopic (exact) mass is 367 g/mol. The first kappa shape index (κ1) is 18.1. The number of ether oxygens (including phenoxy) is 1. The average Bonchev–Trinajstić information content (AvgIpc) is 2.94. The van der Waals surface area contributed by atoms with E-state index in [9.17, 15) is 23.1 Å². The third kappa shape index (κ3) is 2.97. The molecule has 1 aliphatic carbocycles. The summed E-state index contributed by atoms with van der Waals surface area (Å²) >= 11 is 0. The molecule has 6 nitrogen and oxygen atoms in total. The zero-order valence-electron chi connectivity index (χ0n) is 13.6. The molecular formula is C17H16F3N3O3. The van der Waals surface area contributed by atoms with Gasteiger partial charge in [0.1, 0.15) is 5.75 Å². The molecule has 3 rings (SSSR count). The van der Waals surface area contributed by atoms with Gasteiger partial charge in [-0.1, -0.05) is 6.08 Å². The lowest BCUT2D eigenvalue weighted by atomic mass is 9.84. The number of hydrogen-bond donors (Lipinski definition) is 2. The van der Waals surface area contributed by atoms with E-state index in [0.717, 1.165) is 0 Å². The number of rotatable bonds is 3. The quantitative estimate of drug-likeness (QED) is 0.856. The lowest BCUT2D eigenvalue weighted by Gasteiger charge is -2.37. The molecule has 2 aliphatic rings. The second kappa shape index (κ2) is 6.53. The van der Waals surface area contributed by atoms with Gasteiger partial charge in [-0.05, 0) is 43.5 Å². The summed E-state index contributed by atoms with van der Waals surface area (Å²) in [5, 5.41) is 19.4. The molecule has 1 saturated heterocycles. The smallest absolute Gasteiger partial charge is 0.439 e. The molecule has 2 atom stereocenters. The van der Waals surface area contributed by atoms with Gasteiger partial charge in [0.15, 0.2) is 6.61 Å². The maximum atomic E-state index is 13.6. The molecule has 1 amide bonds. The molecule has 138 valence electrons. The zero-order chi connectivity index (χ0) is 18.9. The first-order valence-electron chi connectivity index (χ1n) is 7.99. The number of aliphatic hydroxyl groups is 1. The average molecular weight is 367 g/mol. The van der Waals surface area contributed by atoms with Crippen molar-refractivity contribution in [1.82, 2.24) is 10.4 Å². The third-order valence-corrected chi connectivity index (χ3v) is 4.52. The first-order valence-corrected chi connectivity index (χ1v) is 7.99. The standard InChI is InChI=1S/C17H16F3N3O3/c18-17(19,20)16(25)13-3-1-2-4-14(13)22-23(16)15(24)10-26-12-7-5-11(9-21)6-8-12/h4-8,13,22,25H,1-3,10H2/t13-,16+/m1/s1. The van der Waals surface area contributed by atoms with Crippen LogP contribution in [0.4, 0.5) is 13.2 Å². The number of hydrazine groups is 1. The van der Waals surface area contributed by atoms with E-state index >= 15 is 0 Å². The topological polar surface area (TPSA) is 85.6 Å². The predicted molar refractivity (Wildman–Crippen MR) is 83.1 cm³/mol. The van der Waals surface area contributed by atoms with Crippen molar-refractivity contribution in [2.45, 2.75) is 31.2 Å². The highest BCUT2D eigenvalue weighted by Gasteiger charge is 2.68. The van der Waals surface area contributed by atoms with Crippen LogP contribution >= 0.6 is 0 Å². The molecule has 0 spiro atoms. The van der Waals surface area contributed by atoms with Crippen molar-refractivity contribution in [2.24, 2.45) is 5.92 Å². The number of nitriles is 1. The Morgan fingerprint density at radius 2 is 2.12 bits per heavy atom. The number of alkyl halides is 3. The van der Waals surface area contributed by atoms with Gasteiger partial charge in [-0.15, -0.1) is 0 Å². The minimum Gasteiger partial charge on any atom is -0.484 e. The van der Waals surface area contributed by atoms with E-state index in [4.69, 9.17) is 10.00 Å². The summed E-state index contributed by atoms with van der Waals surface area (Å²) in [6, 6.07) is 7.69. The van der Waals surface area contributed by atoms with Crippen LogP contribution in [-0.2, 0) is 4.79 Å². The van der Waals surface area contributed by atoms with Crippen molar-refractivity contribution >= 4 is 5.91 Å². The molecule has 26 heavy (non-hydrogen) atoms. The van der Waals surface area contributed by atoms with E-state index in [2.05, 4.69) is 5.43 Å². The molecule has 0 aromatic heterocycles. The summed E-state index contributed by atoms with van der Waals surface area (Å²) < 4.78 is 46.0. The normalized spacial score (nSPS) is 25.0. The Balaban J connectivity index is 1.77. The van der Waals surface area contributed by atoms with E-state index in [-0.39, 0.29) is 22.9 Å². The Morgan fingerprint density at radius 1 is 1.42 bits per heavy atom. The molecular weight excluding hydrogens is 351 g/mol. The molecule has 1 aliphatic heterocycles. The number of carbonyl (C=O) groups excluding carboxylic acids is 1. The van der Waals surface area contributed by atoms with Gasteiger partial charge in [-0.2, -0.15) is 18.4 Å². The summed E-state index contributed by atoms with van der Waals surface area (Å²) in [7, 11) is 0. The van der Waals surface area contributed by atoms with Crippen LogP contribution < -0.4 is 10.2 Å². The number of amides is 1. The maximum Gasteiger partial charge on any atom is 0.439 e. The summed E-state index contributed by atoms with van der Waals surface area (Å²) in [4.78, 5) is 12.3. The zero-order valence-corrected chi connectivity index (χ0v) is 13.6. The lowest BCUT2D eigenvalue weighted by Crippen LogP contribution is -2.63. The molecule has 0 unspecified atom stereocenters. The van der Waals surface area contributed by atoms with Gasteiger partial charge < -0.3 is 9.84 Å². The van der Waals surface area contributed by atoms with Crippen molar-refractivity contribution in [1.29, 1.82) is 5.26 Å². The molecule has 1 aromatic rings. The Morgan fingerprint density at radius 3 is 2.73 bits per heavy atom. The molecule has 9 heteroatoms. The van der Waals surface area contributed by atoms with Gasteiger partial charge in [0, 0.05) is 5.70 Å². The number of carbonyl (C=O) groups is 1. The van der Waals surface area contributed by atoms with Crippen LogP contribution in [0, 0.1) is 17.2 Å². The van der Waals surface area contributed by atoms with Crippen LogP contribution in [0.5, 0.6) is 5.75 Å². The number of nitrogens with one attached hydrogen (secondary N) is 1. The number of hydrogen-bond acceptors (Lipinski definition) is 5. The molecule has 0 saturated carbocycles. The molecule has 1 aromatic carbocycles. The number of allylic oxidation sites excluding steroid dienone is 1. The summed E-state index contributed by atoms with van der Waals surface area (Å²) in [6.07, 6.45) is -2.26. The van der Waals surface area contributed by atoms with Crippen molar-refractivity contribution in [2.75, 3.05) is 6.61 Å². The van der Waals surface area contributed by atoms with Gasteiger partial charge in [0.2, 0.25) is 0 Å². The Bertz CT molecular complexity index is 770. The van der Waals surface area contributed by atoms with Gasteiger partial charge in [-0.3, -0.25) is 10.2 Å². The largest absolute Gasteiger partial charge is 0.484 e. The Kier molecular flexibility index (Phi) is 4.54. The summed E-state index contributed by atoms with van der Waals surface area (Å²) in [5.41, 5.74) is -0.340. The number of halogens is 3. The van der Waals surface area contributed by atoms with Crippen LogP contribution in [0.25, 0.3) is 0 Å². The fourth-order valence-electron chi connectivity index (χ4n) is 3.20. The van der Waals surface area contributed by atoms with Crippen LogP contribution in [0.1, 0.15) is 24.8 Å². The highest BCUT2D eigenvalue weighted by molar-refractivity contribution is 5.79. The number of nitrogens with zero attached hydrogens (tertiary/aromatic N) is 2. The predicted octanol–water partition coefficient (Wildman–Crippen LogP) is 2.22. The minimum absolute atomic E-state index is 0.120. The van der Waals surface area contributed by atoms with Crippen molar-refractivity contribution in [3.63, 3.8) is 0 Å². The Labute approximate surface area is 147 Å². The molecule has 1 heterocycles. The second-order valence-corrected chi connectivity index (χ2v) is 6.13. The number of benzene rings is 1. The fraction of sp³-hybridized carbons (Fsp3) is 0.412. The minimum atomic E-state index is -5.03. The van der Waals surface area contributed by atoms with Crippen LogP contribution in [0.3, 0.4) is 0 Å². The van der Waals surface area contributed by atoms with E-state index < -0.39 is 30.3 Å². The fourth-order valence-corrected chi connectivity index (χ4v) is 3.20. The van der Waals surface area contributed by atoms with Crippen LogP contribution in [0.2, 0.25) is 0 Å². The van der Waals surface area contributed by atoms with Gasteiger partial charge in [0.25, 0.3) is 11.6 Å². The van der Waals surface area contributed by atoms with Crippen molar-refractivity contribution in [3.8, 4) is 11.8 Å². The lowest BCUT2D eigenvalue weighted by molar-refractivity contribution is -0.319. The SMILES string of the molecule is N#Cc1ccc(OCC(=O)N2NC3=CCCC[C@H]3[C@]2(O)C(F)(F)F)cc1. The van der Waals surface area contributed by atoms with E-state index in [1.54, 1.807) is 6.08 Å². The third-order valence-electron chi connectivity index (χ3n) is 4.52. The van der Waals surface area contributed by atoms with Gasteiger partial charge >= 0.3 is 6.18 Å². The van der Waals surface area contributed by atoms with Crippen molar-refractivity contribution in [3.05, 3.63) is 41.6 Å². The first-order chi connectivity index (χ1) is 12.3. The number of fused-ring (bicyclic) bond motifs is 1. The van der Waals surface area contributed by atoms with Crippen LogP contribution in [0.15, 0.2) is 36.0 Å². The molecule has 0 bridgehead atoms. The summed E-state index contributed by atoms with van der Waals surface area (Å²) in [6.45, 7) is -0.697. The van der Waals surface area contributed by atoms with Gasteiger partial charge in [-0.25, -0.2) is 5.01 Å². The van der Waals surface area contributed by atoms with Crippen LogP contribution in [-0.4, -0.2) is 34.5 Å².